The number of carbonyl (C=O) groups excluding carboxylic acids is 2. The monoisotopic (exact) mass is 262 g/mol. The summed E-state index contributed by atoms with van der Waals surface area (Å²) >= 11 is 0. The molecule has 1 amide bonds. The average Bonchev–Trinajstić information content (AvgIpc) is 2.38. The van der Waals surface area contributed by atoms with Crippen LogP contribution in [0.5, 0.6) is 0 Å². The Hall–Kier alpha value is -1.84. The second-order valence-electron chi connectivity index (χ2n) is 4.69. The Labute approximate surface area is 114 Å². The van der Waals surface area contributed by atoms with Gasteiger partial charge in [-0.3, -0.25) is 9.59 Å². The van der Waals surface area contributed by atoms with Crippen LogP contribution in [-0.2, 0) is 4.79 Å². The molecule has 0 aliphatic rings. The Kier molecular flexibility index (Phi) is 6.06. The van der Waals surface area contributed by atoms with E-state index in [2.05, 4.69) is 10.6 Å². The molecule has 1 aromatic rings. The SMILES string of the molecule is CCC(C)NC(=O)CCNc1cccc(C(C)=O)c1. The third-order valence-corrected chi connectivity index (χ3v) is 2.97. The lowest BCUT2D eigenvalue weighted by Gasteiger charge is -2.12. The first-order chi connectivity index (χ1) is 9.02. The molecule has 0 aromatic heterocycles. The Morgan fingerprint density at radius 1 is 1.32 bits per heavy atom. The van der Waals surface area contributed by atoms with Gasteiger partial charge in [-0.15, -0.1) is 0 Å². The van der Waals surface area contributed by atoms with Crippen LogP contribution >= 0.6 is 0 Å². The van der Waals surface area contributed by atoms with Gasteiger partial charge in [-0.1, -0.05) is 19.1 Å². The largest absolute Gasteiger partial charge is 0.385 e. The minimum absolute atomic E-state index is 0.0400. The van der Waals surface area contributed by atoms with Crippen LogP contribution in [0.25, 0.3) is 0 Å². The fourth-order valence-electron chi connectivity index (χ4n) is 1.62. The molecule has 0 spiro atoms. The lowest BCUT2D eigenvalue weighted by atomic mass is 10.1. The van der Waals surface area contributed by atoms with Crippen molar-refractivity contribution in [3.63, 3.8) is 0 Å². The first-order valence-corrected chi connectivity index (χ1v) is 6.67. The van der Waals surface area contributed by atoms with Gasteiger partial charge in [0.15, 0.2) is 5.78 Å². The zero-order chi connectivity index (χ0) is 14.3. The summed E-state index contributed by atoms with van der Waals surface area (Å²) in [4.78, 5) is 22.8. The molecule has 19 heavy (non-hydrogen) atoms. The van der Waals surface area contributed by atoms with Crippen LogP contribution in [0, 0.1) is 0 Å². The predicted octanol–water partition coefficient (Wildman–Crippen LogP) is 2.61. The van der Waals surface area contributed by atoms with Gasteiger partial charge in [0.05, 0.1) is 0 Å². The second kappa shape index (κ2) is 7.56. The molecular weight excluding hydrogens is 240 g/mol. The second-order valence-corrected chi connectivity index (χ2v) is 4.69. The molecule has 0 aliphatic carbocycles. The van der Waals surface area contributed by atoms with Crippen LogP contribution in [-0.4, -0.2) is 24.3 Å². The van der Waals surface area contributed by atoms with Gasteiger partial charge >= 0.3 is 0 Å². The molecule has 1 unspecified atom stereocenters. The zero-order valence-electron chi connectivity index (χ0n) is 11.8. The lowest BCUT2D eigenvalue weighted by molar-refractivity contribution is -0.121. The molecule has 1 aromatic carbocycles. The molecule has 0 bridgehead atoms. The van der Waals surface area contributed by atoms with E-state index in [0.29, 0.717) is 18.5 Å². The predicted molar refractivity (Wildman–Crippen MR) is 77.4 cm³/mol. The number of rotatable bonds is 7. The molecule has 0 saturated heterocycles. The molecule has 2 N–H and O–H groups in total. The maximum absolute atomic E-state index is 11.6. The van der Waals surface area contributed by atoms with Crippen molar-refractivity contribution in [2.75, 3.05) is 11.9 Å². The average molecular weight is 262 g/mol. The number of ketones is 1. The summed E-state index contributed by atoms with van der Waals surface area (Å²) in [5.74, 6) is 0.0859. The minimum atomic E-state index is 0.0400. The Morgan fingerprint density at radius 3 is 2.68 bits per heavy atom. The number of benzene rings is 1. The Morgan fingerprint density at radius 2 is 2.05 bits per heavy atom. The first kappa shape index (κ1) is 15.2. The summed E-state index contributed by atoms with van der Waals surface area (Å²) in [6.07, 6.45) is 1.36. The number of carbonyl (C=O) groups is 2. The first-order valence-electron chi connectivity index (χ1n) is 6.67. The quantitative estimate of drug-likeness (QED) is 0.743. The van der Waals surface area contributed by atoms with E-state index in [1.807, 2.05) is 26.0 Å². The number of hydrogen-bond donors (Lipinski definition) is 2. The van der Waals surface area contributed by atoms with E-state index in [9.17, 15) is 9.59 Å². The third-order valence-electron chi connectivity index (χ3n) is 2.97. The Balaban J connectivity index is 2.39. The van der Waals surface area contributed by atoms with Gasteiger partial charge < -0.3 is 10.6 Å². The van der Waals surface area contributed by atoms with E-state index >= 15 is 0 Å². The molecule has 1 rings (SSSR count). The highest BCUT2D eigenvalue weighted by Crippen LogP contribution is 2.10. The summed E-state index contributed by atoms with van der Waals surface area (Å²) in [6.45, 7) is 6.13. The van der Waals surface area contributed by atoms with Gasteiger partial charge in [0, 0.05) is 30.3 Å². The molecule has 0 radical (unpaired) electrons. The van der Waals surface area contributed by atoms with Crippen LogP contribution < -0.4 is 10.6 Å². The highest BCUT2D eigenvalue weighted by atomic mass is 16.1. The van der Waals surface area contributed by atoms with Crippen molar-refractivity contribution in [2.24, 2.45) is 0 Å². The van der Waals surface area contributed by atoms with E-state index in [4.69, 9.17) is 0 Å². The number of Topliss-reactive ketones (excluding diaryl/α,β-unsaturated/α-hetero) is 1. The van der Waals surface area contributed by atoms with Crippen LogP contribution in [0.3, 0.4) is 0 Å². The molecular formula is C15H22N2O2. The fourth-order valence-corrected chi connectivity index (χ4v) is 1.62. The minimum Gasteiger partial charge on any atom is -0.385 e. The highest BCUT2D eigenvalue weighted by Gasteiger charge is 2.05. The maximum atomic E-state index is 11.6. The number of hydrogen-bond acceptors (Lipinski definition) is 3. The number of nitrogens with one attached hydrogen (secondary N) is 2. The van der Waals surface area contributed by atoms with Crippen molar-refractivity contribution in [3.8, 4) is 0 Å². The summed E-state index contributed by atoms with van der Waals surface area (Å²) < 4.78 is 0. The van der Waals surface area contributed by atoms with E-state index < -0.39 is 0 Å². The molecule has 1 atom stereocenters. The van der Waals surface area contributed by atoms with Crippen LogP contribution in [0.2, 0.25) is 0 Å². The molecule has 4 nitrogen and oxygen atoms in total. The summed E-state index contributed by atoms with van der Waals surface area (Å²) in [5, 5.41) is 6.06. The van der Waals surface area contributed by atoms with Crippen molar-refractivity contribution in [1.82, 2.24) is 5.32 Å². The molecule has 0 fully saturated rings. The normalized spacial score (nSPS) is 11.7. The standard InChI is InChI=1S/C15H22N2O2/c1-4-11(2)17-15(19)8-9-16-14-7-5-6-13(10-14)12(3)18/h5-7,10-11,16H,4,8-9H2,1-3H3,(H,17,19). The summed E-state index contributed by atoms with van der Waals surface area (Å²) in [7, 11) is 0. The van der Waals surface area contributed by atoms with Gasteiger partial charge in [-0.2, -0.15) is 0 Å². The smallest absolute Gasteiger partial charge is 0.221 e. The molecule has 4 heteroatoms. The van der Waals surface area contributed by atoms with E-state index in [1.165, 1.54) is 0 Å². The number of anilines is 1. The van der Waals surface area contributed by atoms with Crippen molar-refractivity contribution < 1.29 is 9.59 Å². The molecule has 0 saturated carbocycles. The molecule has 0 heterocycles. The third kappa shape index (κ3) is 5.55. The van der Waals surface area contributed by atoms with E-state index in [1.54, 1.807) is 19.1 Å². The van der Waals surface area contributed by atoms with E-state index in [0.717, 1.165) is 12.1 Å². The van der Waals surface area contributed by atoms with Crippen LogP contribution in [0.15, 0.2) is 24.3 Å². The van der Waals surface area contributed by atoms with Gasteiger partial charge in [0.1, 0.15) is 0 Å². The van der Waals surface area contributed by atoms with Crippen molar-refractivity contribution >= 4 is 17.4 Å². The van der Waals surface area contributed by atoms with Gasteiger partial charge in [0.25, 0.3) is 0 Å². The molecule has 0 aliphatic heterocycles. The van der Waals surface area contributed by atoms with E-state index in [-0.39, 0.29) is 17.7 Å². The van der Waals surface area contributed by atoms with Crippen LogP contribution in [0.1, 0.15) is 44.0 Å². The van der Waals surface area contributed by atoms with Crippen molar-refractivity contribution in [3.05, 3.63) is 29.8 Å². The zero-order valence-corrected chi connectivity index (χ0v) is 11.8. The topological polar surface area (TPSA) is 58.2 Å². The van der Waals surface area contributed by atoms with Gasteiger partial charge in [-0.05, 0) is 32.4 Å². The van der Waals surface area contributed by atoms with Gasteiger partial charge in [-0.25, -0.2) is 0 Å². The van der Waals surface area contributed by atoms with Crippen molar-refractivity contribution in [1.29, 1.82) is 0 Å². The van der Waals surface area contributed by atoms with Crippen LogP contribution in [0.4, 0.5) is 5.69 Å². The fraction of sp³-hybridized carbons (Fsp3) is 0.467. The number of amides is 1. The maximum Gasteiger partial charge on any atom is 0.221 e. The summed E-state index contributed by atoms with van der Waals surface area (Å²) in [6, 6.07) is 7.52. The summed E-state index contributed by atoms with van der Waals surface area (Å²) in [5.41, 5.74) is 1.54. The molecule has 104 valence electrons. The Bertz CT molecular complexity index is 444. The lowest BCUT2D eigenvalue weighted by Crippen LogP contribution is -2.32. The van der Waals surface area contributed by atoms with Crippen molar-refractivity contribution in [2.45, 2.75) is 39.7 Å². The highest BCUT2D eigenvalue weighted by molar-refractivity contribution is 5.94. The van der Waals surface area contributed by atoms with Gasteiger partial charge in [0.2, 0.25) is 5.91 Å².